The van der Waals surface area contributed by atoms with Crippen LogP contribution in [0.5, 0.6) is 0 Å². The summed E-state index contributed by atoms with van der Waals surface area (Å²) in [6.45, 7) is 0. The first-order chi connectivity index (χ1) is 9.86. The van der Waals surface area contributed by atoms with Gasteiger partial charge in [0.2, 0.25) is 0 Å². The Balaban J connectivity index is 2.23. The molecule has 0 fully saturated rings. The van der Waals surface area contributed by atoms with Crippen molar-refractivity contribution in [1.82, 2.24) is 4.57 Å². The van der Waals surface area contributed by atoms with E-state index in [1.54, 1.807) is 0 Å². The van der Waals surface area contributed by atoms with Gasteiger partial charge in [0.1, 0.15) is 0 Å². The van der Waals surface area contributed by atoms with Crippen molar-refractivity contribution in [2.75, 3.05) is 0 Å². The highest BCUT2D eigenvalue weighted by molar-refractivity contribution is 5.86. The molecule has 98 valence electrons. The van der Waals surface area contributed by atoms with Crippen molar-refractivity contribution in [2.45, 2.75) is 12.8 Å². The molecule has 1 nitrogen and oxygen atoms in total. The molecule has 1 aliphatic carbocycles. The number of aryl methyl sites for hydroxylation is 1. The van der Waals surface area contributed by atoms with Gasteiger partial charge >= 0.3 is 0 Å². The molecule has 0 atom stereocenters. The van der Waals surface area contributed by atoms with Gasteiger partial charge in [0.25, 0.3) is 0 Å². The minimum atomic E-state index is 1.13. The van der Waals surface area contributed by atoms with E-state index in [0.29, 0.717) is 0 Å². The molecule has 0 aliphatic heterocycles. The number of benzene rings is 2. The maximum atomic E-state index is 2.38. The molecule has 0 unspecified atom stereocenters. The summed E-state index contributed by atoms with van der Waals surface area (Å²) in [5, 5.41) is 4.18. The van der Waals surface area contributed by atoms with Crippen LogP contribution in [0.3, 0.4) is 0 Å². The fraction of sp³-hybridized carbons (Fsp3) is 0.158. The van der Waals surface area contributed by atoms with Crippen molar-refractivity contribution in [1.29, 1.82) is 0 Å². The molecule has 20 heavy (non-hydrogen) atoms. The fourth-order valence-corrected chi connectivity index (χ4v) is 3.38. The van der Waals surface area contributed by atoms with E-state index in [2.05, 4.69) is 72.3 Å². The summed E-state index contributed by atoms with van der Waals surface area (Å²) in [7, 11) is 2.17. The van der Waals surface area contributed by atoms with Crippen molar-refractivity contribution < 1.29 is 0 Å². The van der Waals surface area contributed by atoms with Crippen LogP contribution >= 0.6 is 0 Å². The first kappa shape index (κ1) is 11.5. The quantitative estimate of drug-likeness (QED) is 0.633. The highest BCUT2D eigenvalue weighted by Crippen LogP contribution is 2.20. The van der Waals surface area contributed by atoms with Crippen LogP contribution in [0.25, 0.3) is 22.6 Å². The van der Waals surface area contributed by atoms with E-state index in [-0.39, 0.29) is 0 Å². The Kier molecular flexibility index (Phi) is 2.53. The molecule has 1 heteroatoms. The maximum absolute atomic E-state index is 2.38. The van der Waals surface area contributed by atoms with Crippen molar-refractivity contribution in [2.24, 2.45) is 7.05 Å². The van der Waals surface area contributed by atoms with Crippen molar-refractivity contribution in [3.05, 3.63) is 70.7 Å². The molecule has 3 aromatic rings. The van der Waals surface area contributed by atoms with Gasteiger partial charge in [-0.05, 0) is 30.0 Å². The van der Waals surface area contributed by atoms with Crippen LogP contribution in [0.1, 0.15) is 18.4 Å². The summed E-state index contributed by atoms with van der Waals surface area (Å²) >= 11 is 0. The Morgan fingerprint density at radius 2 is 1.65 bits per heavy atom. The zero-order chi connectivity index (χ0) is 13.5. The molecule has 0 bridgehead atoms. The lowest BCUT2D eigenvalue weighted by Crippen LogP contribution is -2.32. The maximum Gasteiger partial charge on any atom is 0.0488 e. The molecular formula is C19H17N. The number of para-hydroxylation sites is 1. The van der Waals surface area contributed by atoms with E-state index in [1.165, 1.54) is 32.6 Å². The molecule has 0 saturated carbocycles. The SMILES string of the molecule is Cn1c2c(c3ccccc31)=C(c1ccccc1)CCC=2. The second-order valence-corrected chi connectivity index (χ2v) is 5.42. The van der Waals surface area contributed by atoms with Crippen LogP contribution in [0.2, 0.25) is 0 Å². The Morgan fingerprint density at radius 3 is 2.50 bits per heavy atom. The van der Waals surface area contributed by atoms with Gasteiger partial charge in [0.15, 0.2) is 0 Å². The van der Waals surface area contributed by atoms with Crippen molar-refractivity contribution in [3.63, 3.8) is 0 Å². The summed E-state index contributed by atoms with van der Waals surface area (Å²) in [6.07, 6.45) is 4.63. The number of fused-ring (bicyclic) bond motifs is 3. The summed E-state index contributed by atoms with van der Waals surface area (Å²) in [5.74, 6) is 0. The fourth-order valence-electron chi connectivity index (χ4n) is 3.38. The molecule has 0 spiro atoms. The lowest BCUT2D eigenvalue weighted by atomic mass is 9.95. The zero-order valence-corrected chi connectivity index (χ0v) is 11.6. The van der Waals surface area contributed by atoms with E-state index in [4.69, 9.17) is 0 Å². The average Bonchev–Trinajstić information content (AvgIpc) is 2.82. The highest BCUT2D eigenvalue weighted by Gasteiger charge is 2.13. The largest absolute Gasteiger partial charge is 0.344 e. The Morgan fingerprint density at radius 1 is 0.900 bits per heavy atom. The highest BCUT2D eigenvalue weighted by atomic mass is 14.9. The molecule has 1 heterocycles. The number of hydrogen-bond donors (Lipinski definition) is 0. The summed E-state index contributed by atoms with van der Waals surface area (Å²) < 4.78 is 2.33. The molecule has 2 aromatic carbocycles. The molecule has 1 aromatic heterocycles. The first-order valence-corrected chi connectivity index (χ1v) is 7.18. The minimum absolute atomic E-state index is 1.13. The van der Waals surface area contributed by atoms with E-state index in [0.717, 1.165) is 12.8 Å². The first-order valence-electron chi connectivity index (χ1n) is 7.18. The molecule has 1 aliphatic rings. The third-order valence-electron chi connectivity index (χ3n) is 4.31. The van der Waals surface area contributed by atoms with Crippen LogP contribution in [-0.4, -0.2) is 4.57 Å². The Hall–Kier alpha value is -2.28. The molecule has 0 amide bonds. The Labute approximate surface area is 118 Å². The normalized spacial score (nSPS) is 14.2. The smallest absolute Gasteiger partial charge is 0.0488 e. The van der Waals surface area contributed by atoms with E-state index < -0.39 is 0 Å². The summed E-state index contributed by atoms with van der Waals surface area (Å²) in [4.78, 5) is 0. The van der Waals surface area contributed by atoms with E-state index in [9.17, 15) is 0 Å². The topological polar surface area (TPSA) is 4.93 Å². The van der Waals surface area contributed by atoms with Gasteiger partial charge in [-0.1, -0.05) is 54.6 Å². The third-order valence-corrected chi connectivity index (χ3v) is 4.31. The minimum Gasteiger partial charge on any atom is -0.344 e. The van der Waals surface area contributed by atoms with Gasteiger partial charge in [0.05, 0.1) is 0 Å². The lowest BCUT2D eigenvalue weighted by Gasteiger charge is -2.10. The zero-order valence-electron chi connectivity index (χ0n) is 11.6. The van der Waals surface area contributed by atoms with Gasteiger partial charge < -0.3 is 4.57 Å². The van der Waals surface area contributed by atoms with Gasteiger partial charge in [0, 0.05) is 28.5 Å². The average molecular weight is 259 g/mol. The third kappa shape index (κ3) is 1.56. The van der Waals surface area contributed by atoms with Crippen LogP contribution < -0.4 is 10.6 Å². The molecule has 0 N–H and O–H groups in total. The molecular weight excluding hydrogens is 242 g/mol. The Bertz CT molecular complexity index is 898. The van der Waals surface area contributed by atoms with Crippen LogP contribution in [0, 0.1) is 0 Å². The van der Waals surface area contributed by atoms with Crippen molar-refractivity contribution >= 4 is 22.6 Å². The molecule has 4 rings (SSSR count). The van der Waals surface area contributed by atoms with Crippen LogP contribution in [0.4, 0.5) is 0 Å². The number of rotatable bonds is 1. The standard InChI is InChI=1S/C19H17N/c1-20-17-12-6-5-10-16(17)19-15(11-7-13-18(19)20)14-8-3-2-4-9-14/h2-6,8-10,12-13H,7,11H2,1H3. The lowest BCUT2D eigenvalue weighted by molar-refractivity contribution is 0.905. The number of nitrogens with zero attached hydrogens (tertiary/aromatic N) is 1. The molecule has 0 saturated heterocycles. The monoisotopic (exact) mass is 259 g/mol. The second kappa shape index (κ2) is 4.38. The predicted octanol–water partition coefficient (Wildman–Crippen LogP) is 2.95. The van der Waals surface area contributed by atoms with Gasteiger partial charge in [-0.3, -0.25) is 0 Å². The van der Waals surface area contributed by atoms with E-state index in [1.807, 2.05) is 0 Å². The van der Waals surface area contributed by atoms with Gasteiger partial charge in [-0.2, -0.15) is 0 Å². The number of aromatic nitrogens is 1. The molecule has 0 radical (unpaired) electrons. The van der Waals surface area contributed by atoms with E-state index >= 15 is 0 Å². The number of hydrogen-bond acceptors (Lipinski definition) is 0. The summed E-state index contributed by atoms with van der Waals surface area (Å²) in [6, 6.07) is 19.5. The van der Waals surface area contributed by atoms with Crippen molar-refractivity contribution in [3.8, 4) is 0 Å². The van der Waals surface area contributed by atoms with Crippen LogP contribution in [-0.2, 0) is 7.05 Å². The van der Waals surface area contributed by atoms with Gasteiger partial charge in [-0.25, -0.2) is 0 Å². The van der Waals surface area contributed by atoms with Gasteiger partial charge in [-0.15, -0.1) is 0 Å². The summed E-state index contributed by atoms with van der Waals surface area (Å²) in [5.41, 5.74) is 4.17. The van der Waals surface area contributed by atoms with Crippen LogP contribution in [0.15, 0.2) is 54.6 Å². The second-order valence-electron chi connectivity index (χ2n) is 5.42. The predicted molar refractivity (Wildman–Crippen MR) is 84.8 cm³/mol.